The van der Waals surface area contributed by atoms with Gasteiger partial charge in [0.2, 0.25) is 6.33 Å². The Kier molecular flexibility index (Phi) is 7.97. The van der Waals surface area contributed by atoms with Gasteiger partial charge in [0.25, 0.3) is 5.91 Å². The fourth-order valence-electron chi connectivity index (χ4n) is 4.48. The molecule has 1 fully saturated rings. The molecule has 0 aliphatic carbocycles. The van der Waals surface area contributed by atoms with E-state index in [9.17, 15) is 9.59 Å². The van der Waals surface area contributed by atoms with Crippen molar-refractivity contribution in [3.8, 4) is 10.4 Å². The van der Waals surface area contributed by atoms with Crippen molar-refractivity contribution in [1.29, 1.82) is 0 Å². The highest BCUT2D eigenvalue weighted by Crippen LogP contribution is 2.32. The van der Waals surface area contributed by atoms with Gasteiger partial charge in [0.05, 0.1) is 24.6 Å². The van der Waals surface area contributed by atoms with Crippen molar-refractivity contribution in [2.45, 2.75) is 32.9 Å². The molecule has 39 heavy (non-hydrogen) atoms. The second-order valence-electron chi connectivity index (χ2n) is 10.5. The van der Waals surface area contributed by atoms with Crippen LogP contribution in [0.5, 0.6) is 0 Å². The number of benzene rings is 2. The molecule has 4 aromatic rings. The van der Waals surface area contributed by atoms with Crippen LogP contribution >= 0.6 is 11.3 Å². The minimum Gasteiger partial charge on any atom is -0.444 e. The number of nitrogens with one attached hydrogen (secondary N) is 3. The number of H-pyrrole nitrogens is 1. The molecule has 0 atom stereocenters. The molecule has 204 valence electrons. The summed E-state index contributed by atoms with van der Waals surface area (Å²) in [5.41, 5.74) is 3.67. The molecule has 0 unspecified atom stereocenters. The smallest absolute Gasteiger partial charge is 0.412 e. The van der Waals surface area contributed by atoms with Crippen molar-refractivity contribution in [2.75, 3.05) is 43.5 Å². The number of nitrogens with zero attached hydrogens (tertiary/aromatic N) is 2. The number of morpholine rings is 1. The number of aromatic nitrogens is 2. The lowest BCUT2D eigenvalue weighted by Crippen LogP contribution is -2.44. The summed E-state index contributed by atoms with van der Waals surface area (Å²) in [6.45, 7) is 10.7. The van der Waals surface area contributed by atoms with Crippen molar-refractivity contribution in [3.63, 3.8) is 0 Å². The minimum atomic E-state index is -0.644. The van der Waals surface area contributed by atoms with E-state index in [-0.39, 0.29) is 5.91 Å². The van der Waals surface area contributed by atoms with Gasteiger partial charge in [0.15, 0.2) is 11.0 Å². The lowest BCUT2D eigenvalue weighted by molar-refractivity contribution is -0.670. The van der Waals surface area contributed by atoms with Gasteiger partial charge in [-0.05, 0) is 62.0 Å². The first-order chi connectivity index (χ1) is 18.7. The number of aromatic amines is 1. The van der Waals surface area contributed by atoms with Crippen molar-refractivity contribution >= 4 is 45.7 Å². The predicted octanol–water partition coefficient (Wildman–Crippen LogP) is 5.12. The normalized spacial score (nSPS) is 14.3. The van der Waals surface area contributed by atoms with Crippen LogP contribution in [0.25, 0.3) is 21.5 Å². The Labute approximate surface area is 231 Å². The van der Waals surface area contributed by atoms with Crippen LogP contribution in [0.15, 0.2) is 60.2 Å². The monoisotopic (exact) mass is 548 g/mol. The molecule has 1 aliphatic heterocycles. The van der Waals surface area contributed by atoms with Gasteiger partial charge in [-0.3, -0.25) is 15.0 Å². The lowest BCUT2D eigenvalue weighted by Gasteiger charge is -2.25. The third kappa shape index (κ3) is 6.83. The number of fused-ring (bicyclic) bond motifs is 1. The molecule has 2 aromatic heterocycles. The topological polar surface area (TPSA) is 99.6 Å². The van der Waals surface area contributed by atoms with Gasteiger partial charge >= 0.3 is 6.09 Å². The summed E-state index contributed by atoms with van der Waals surface area (Å²) in [6, 6.07) is 15.2. The molecule has 2 amide bonds. The summed E-state index contributed by atoms with van der Waals surface area (Å²) in [4.78, 5) is 32.6. The second kappa shape index (κ2) is 11.6. The first-order valence-electron chi connectivity index (χ1n) is 13.1. The molecule has 0 radical (unpaired) electrons. The molecule has 0 spiro atoms. The molecule has 5 rings (SSSR count). The van der Waals surface area contributed by atoms with Gasteiger partial charge in [-0.1, -0.05) is 12.1 Å². The van der Waals surface area contributed by atoms with Gasteiger partial charge in [-0.25, -0.2) is 14.3 Å². The molecular formula is C29H34N5O4S+. The summed E-state index contributed by atoms with van der Waals surface area (Å²) in [7, 11) is 0. The summed E-state index contributed by atoms with van der Waals surface area (Å²) in [5.74, 6) is -0.276. The Hall–Kier alpha value is -3.73. The van der Waals surface area contributed by atoms with Gasteiger partial charge in [-0.15, -0.1) is 11.3 Å². The fraction of sp³-hybridized carbons (Fsp3) is 0.345. The number of hydrogen-bond acceptors (Lipinski definition) is 6. The number of imidazole rings is 1. The first kappa shape index (κ1) is 26.9. The van der Waals surface area contributed by atoms with E-state index in [1.165, 1.54) is 0 Å². The van der Waals surface area contributed by atoms with Crippen molar-refractivity contribution < 1.29 is 23.6 Å². The largest absolute Gasteiger partial charge is 0.444 e. The lowest BCUT2D eigenvalue weighted by atomic mass is 10.1. The zero-order valence-corrected chi connectivity index (χ0v) is 23.3. The molecule has 1 saturated heterocycles. The van der Waals surface area contributed by atoms with Crippen LogP contribution in [0, 0.1) is 0 Å². The SMILES string of the molecule is CC(C)(C)OC(=O)Nc1ccc(-c2cccs2)cc1NC(=O)c1ccc2c(c1)[nH]c[n+]2CCN1CCOCC1. The van der Waals surface area contributed by atoms with Gasteiger partial charge in [0.1, 0.15) is 12.1 Å². The quantitative estimate of drug-likeness (QED) is 0.279. The second-order valence-corrected chi connectivity index (χ2v) is 11.4. The van der Waals surface area contributed by atoms with E-state index < -0.39 is 11.7 Å². The molecular weight excluding hydrogens is 514 g/mol. The van der Waals surface area contributed by atoms with E-state index in [1.54, 1.807) is 38.2 Å². The Morgan fingerprint density at radius 3 is 2.64 bits per heavy atom. The highest BCUT2D eigenvalue weighted by molar-refractivity contribution is 7.13. The van der Waals surface area contributed by atoms with Crippen LogP contribution in [0.3, 0.4) is 0 Å². The van der Waals surface area contributed by atoms with Crippen LogP contribution in [-0.4, -0.2) is 60.3 Å². The maximum Gasteiger partial charge on any atom is 0.412 e. The number of anilines is 2. The summed E-state index contributed by atoms with van der Waals surface area (Å²) < 4.78 is 13.0. The Morgan fingerprint density at radius 2 is 1.90 bits per heavy atom. The van der Waals surface area contributed by atoms with E-state index in [2.05, 4.69) is 25.1 Å². The van der Waals surface area contributed by atoms with Crippen LogP contribution in [0.1, 0.15) is 31.1 Å². The van der Waals surface area contributed by atoms with Crippen molar-refractivity contribution in [1.82, 2.24) is 9.88 Å². The number of thiophene rings is 1. The van der Waals surface area contributed by atoms with Crippen molar-refractivity contribution in [3.05, 3.63) is 65.8 Å². The molecule has 3 heterocycles. The summed E-state index contributed by atoms with van der Waals surface area (Å²) >= 11 is 1.60. The Morgan fingerprint density at radius 1 is 1.08 bits per heavy atom. The van der Waals surface area contributed by atoms with Gasteiger partial charge in [-0.2, -0.15) is 0 Å². The van der Waals surface area contributed by atoms with E-state index in [1.807, 2.05) is 54.2 Å². The van der Waals surface area contributed by atoms with Crippen LogP contribution in [-0.2, 0) is 16.0 Å². The summed E-state index contributed by atoms with van der Waals surface area (Å²) in [6.07, 6.45) is 1.36. The molecule has 0 saturated carbocycles. The zero-order valence-electron chi connectivity index (χ0n) is 22.5. The molecule has 10 heteroatoms. The highest BCUT2D eigenvalue weighted by Gasteiger charge is 2.20. The van der Waals surface area contributed by atoms with Crippen LogP contribution in [0.4, 0.5) is 16.2 Å². The molecule has 3 N–H and O–H groups in total. The van der Waals surface area contributed by atoms with Crippen LogP contribution < -0.4 is 15.2 Å². The number of carbonyl (C=O) groups excluding carboxylic acids is 2. The molecule has 1 aliphatic rings. The van der Waals surface area contributed by atoms with E-state index >= 15 is 0 Å². The third-order valence-corrected chi connectivity index (χ3v) is 7.33. The maximum atomic E-state index is 13.4. The first-order valence-corrected chi connectivity index (χ1v) is 13.9. The number of rotatable bonds is 7. The minimum absolute atomic E-state index is 0.276. The molecule has 9 nitrogen and oxygen atoms in total. The van der Waals surface area contributed by atoms with Gasteiger partial charge in [0, 0.05) is 36.1 Å². The number of amides is 2. The average Bonchev–Trinajstić information content (AvgIpc) is 3.58. The van der Waals surface area contributed by atoms with E-state index in [0.29, 0.717) is 16.9 Å². The Bertz CT molecular complexity index is 1450. The van der Waals surface area contributed by atoms with E-state index in [4.69, 9.17) is 9.47 Å². The third-order valence-electron chi connectivity index (χ3n) is 6.41. The van der Waals surface area contributed by atoms with Crippen LogP contribution in [0.2, 0.25) is 0 Å². The Balaban J connectivity index is 1.34. The van der Waals surface area contributed by atoms with Crippen molar-refractivity contribution in [2.24, 2.45) is 0 Å². The molecule has 0 bridgehead atoms. The van der Waals surface area contributed by atoms with E-state index in [0.717, 1.165) is 60.9 Å². The summed E-state index contributed by atoms with van der Waals surface area (Å²) in [5, 5.41) is 7.77. The standard InChI is InChI=1S/C29H33N5O4S/c1-29(2,3)38-28(36)32-22-8-6-20(26-5-4-16-39-26)17-23(22)31-27(35)21-7-9-25-24(18-21)30-19-34(25)11-10-33-12-14-37-15-13-33/h4-9,16-19H,10-15H2,1-3H3,(H2,31,32,35,36)/p+1. The molecule has 2 aromatic carbocycles. The highest BCUT2D eigenvalue weighted by atomic mass is 32.1. The number of ether oxygens (including phenoxy) is 2. The maximum absolute atomic E-state index is 13.4. The zero-order chi connectivity index (χ0) is 27.4. The van der Waals surface area contributed by atoms with Gasteiger partial charge < -0.3 is 14.8 Å². The fourth-order valence-corrected chi connectivity index (χ4v) is 5.20. The average molecular weight is 549 g/mol. The number of hydrogen-bond donors (Lipinski definition) is 3. The number of carbonyl (C=O) groups is 2. The predicted molar refractivity (Wildman–Crippen MR) is 153 cm³/mol.